The van der Waals surface area contributed by atoms with Crippen molar-refractivity contribution in [2.45, 2.75) is 65.1 Å². The van der Waals surface area contributed by atoms with Crippen LogP contribution in [0.25, 0.3) is 0 Å². The maximum atomic E-state index is 12.6. The number of piperidine rings is 1. The molecule has 0 spiro atoms. The van der Waals surface area contributed by atoms with Crippen LogP contribution in [0.5, 0.6) is 0 Å². The van der Waals surface area contributed by atoms with Gasteiger partial charge in [-0.3, -0.25) is 14.4 Å². The van der Waals surface area contributed by atoms with E-state index in [2.05, 4.69) is 10.6 Å². The molecule has 4 N–H and O–H groups in total. The Balaban J connectivity index is 1.78. The molecule has 1 aromatic rings. The maximum Gasteiger partial charge on any atom is 0.242 e. The monoisotopic (exact) mass is 416 g/mol. The second kappa shape index (κ2) is 11.1. The number of hydrogen-bond acceptors (Lipinski definition) is 4. The second-order valence-corrected chi connectivity index (χ2v) is 8.71. The Morgan fingerprint density at radius 2 is 1.63 bits per heavy atom. The van der Waals surface area contributed by atoms with Crippen LogP contribution in [0.2, 0.25) is 0 Å². The summed E-state index contributed by atoms with van der Waals surface area (Å²) in [6.07, 6.45) is 1.83. The molecular formula is C23H36N4O3. The second-order valence-electron chi connectivity index (χ2n) is 8.71. The molecule has 1 saturated heterocycles. The van der Waals surface area contributed by atoms with Gasteiger partial charge in [-0.05, 0) is 44.6 Å². The lowest BCUT2D eigenvalue weighted by Crippen LogP contribution is -2.51. The molecule has 1 heterocycles. The minimum Gasteiger partial charge on any atom is -0.348 e. The Morgan fingerprint density at radius 1 is 1.03 bits per heavy atom. The molecule has 3 amide bonds. The van der Waals surface area contributed by atoms with Crippen LogP contribution in [0, 0.1) is 11.8 Å². The summed E-state index contributed by atoms with van der Waals surface area (Å²) < 4.78 is 0. The smallest absolute Gasteiger partial charge is 0.242 e. The molecule has 1 aliphatic rings. The molecule has 0 radical (unpaired) electrons. The fraction of sp³-hybridized carbons (Fsp3) is 0.609. The molecule has 0 unspecified atom stereocenters. The van der Waals surface area contributed by atoms with E-state index in [-0.39, 0.29) is 29.7 Å². The molecule has 0 aliphatic carbocycles. The summed E-state index contributed by atoms with van der Waals surface area (Å²) in [6, 6.07) is 8.45. The van der Waals surface area contributed by atoms with Gasteiger partial charge in [-0.2, -0.15) is 0 Å². The van der Waals surface area contributed by atoms with Gasteiger partial charge in [0.25, 0.3) is 0 Å². The first-order chi connectivity index (χ1) is 14.2. The number of carbonyl (C=O) groups excluding carboxylic acids is 3. The number of carbonyl (C=O) groups is 3. The number of nitrogens with two attached hydrogens (primary N) is 1. The van der Waals surface area contributed by atoms with Crippen molar-refractivity contribution in [3.8, 4) is 0 Å². The van der Waals surface area contributed by atoms with Crippen LogP contribution >= 0.6 is 0 Å². The Kier molecular flexibility index (Phi) is 8.84. The number of nitrogens with zero attached hydrogens (tertiary/aromatic N) is 1. The fourth-order valence-corrected chi connectivity index (χ4v) is 3.77. The van der Waals surface area contributed by atoms with Crippen molar-refractivity contribution >= 4 is 17.7 Å². The van der Waals surface area contributed by atoms with E-state index in [0.29, 0.717) is 38.3 Å². The van der Waals surface area contributed by atoms with E-state index < -0.39 is 12.1 Å². The Morgan fingerprint density at radius 3 is 2.20 bits per heavy atom. The van der Waals surface area contributed by atoms with Crippen molar-refractivity contribution in [2.75, 3.05) is 13.1 Å². The van der Waals surface area contributed by atoms with Crippen LogP contribution in [0.1, 0.15) is 58.6 Å². The zero-order valence-electron chi connectivity index (χ0n) is 18.6. The highest BCUT2D eigenvalue weighted by atomic mass is 16.2. The van der Waals surface area contributed by atoms with Gasteiger partial charge in [0.2, 0.25) is 17.7 Å². The molecule has 0 saturated carbocycles. The number of nitrogens with one attached hydrogen (secondary N) is 2. The van der Waals surface area contributed by atoms with Crippen molar-refractivity contribution in [1.29, 1.82) is 0 Å². The topological polar surface area (TPSA) is 105 Å². The van der Waals surface area contributed by atoms with Gasteiger partial charge in [0.05, 0.1) is 12.1 Å². The normalized spacial score (nSPS) is 17.9. The molecule has 2 rings (SSSR count). The Hall–Kier alpha value is -2.41. The third kappa shape index (κ3) is 6.83. The molecule has 1 fully saturated rings. The van der Waals surface area contributed by atoms with E-state index in [4.69, 9.17) is 5.73 Å². The highest BCUT2D eigenvalue weighted by molar-refractivity contribution is 5.88. The van der Waals surface area contributed by atoms with Crippen LogP contribution in [-0.2, 0) is 14.4 Å². The van der Waals surface area contributed by atoms with E-state index in [1.165, 1.54) is 0 Å². The number of hydrogen-bond donors (Lipinski definition) is 3. The van der Waals surface area contributed by atoms with Crippen LogP contribution < -0.4 is 16.4 Å². The first kappa shape index (κ1) is 23.9. The third-order valence-corrected chi connectivity index (χ3v) is 5.63. The van der Waals surface area contributed by atoms with E-state index in [1.807, 2.05) is 51.1 Å². The van der Waals surface area contributed by atoms with Crippen LogP contribution in [0.3, 0.4) is 0 Å². The summed E-state index contributed by atoms with van der Waals surface area (Å²) in [5.41, 5.74) is 7.02. The number of likely N-dealkylation sites (tertiary alicyclic amines) is 1. The van der Waals surface area contributed by atoms with Crippen LogP contribution in [0.15, 0.2) is 30.3 Å². The van der Waals surface area contributed by atoms with Crippen molar-refractivity contribution in [1.82, 2.24) is 15.5 Å². The van der Waals surface area contributed by atoms with Gasteiger partial charge in [0, 0.05) is 19.0 Å². The average Bonchev–Trinajstić information content (AvgIpc) is 2.73. The van der Waals surface area contributed by atoms with E-state index >= 15 is 0 Å². The summed E-state index contributed by atoms with van der Waals surface area (Å²) in [4.78, 5) is 39.3. The summed E-state index contributed by atoms with van der Waals surface area (Å²) >= 11 is 0. The van der Waals surface area contributed by atoms with E-state index in [0.717, 1.165) is 5.56 Å². The molecule has 30 heavy (non-hydrogen) atoms. The molecule has 1 aromatic carbocycles. The molecule has 1 aliphatic heterocycles. The standard InChI is InChI=1S/C23H36N4O3/c1-15(2)14-20(24)23(30)27-12-10-19(11-13-27)22(29)26-17(4)21(28)25-16(3)18-8-6-5-7-9-18/h5-9,15-17,19-20H,10-14,24H2,1-4H3,(H,25,28)(H,26,29)/t16-,17+,20+/m1/s1. The summed E-state index contributed by atoms with van der Waals surface area (Å²) in [5, 5.41) is 5.75. The minimum atomic E-state index is -0.622. The highest BCUT2D eigenvalue weighted by Crippen LogP contribution is 2.19. The van der Waals surface area contributed by atoms with Gasteiger partial charge in [-0.15, -0.1) is 0 Å². The van der Waals surface area contributed by atoms with E-state index in [9.17, 15) is 14.4 Å². The first-order valence-electron chi connectivity index (χ1n) is 10.9. The van der Waals surface area contributed by atoms with Gasteiger partial charge < -0.3 is 21.3 Å². The maximum absolute atomic E-state index is 12.6. The molecule has 166 valence electrons. The summed E-state index contributed by atoms with van der Waals surface area (Å²) in [5.74, 6) is -0.220. The van der Waals surface area contributed by atoms with Crippen molar-refractivity contribution in [3.63, 3.8) is 0 Å². The predicted octanol–water partition coefficient (Wildman–Crippen LogP) is 1.98. The molecule has 0 bridgehead atoms. The third-order valence-electron chi connectivity index (χ3n) is 5.63. The van der Waals surface area contributed by atoms with Gasteiger partial charge in [-0.1, -0.05) is 44.2 Å². The van der Waals surface area contributed by atoms with Crippen molar-refractivity contribution < 1.29 is 14.4 Å². The quantitative estimate of drug-likeness (QED) is 0.603. The lowest BCUT2D eigenvalue weighted by molar-refractivity contribution is -0.137. The van der Waals surface area contributed by atoms with Gasteiger partial charge in [0.15, 0.2) is 0 Å². The summed E-state index contributed by atoms with van der Waals surface area (Å²) in [6.45, 7) is 8.74. The largest absolute Gasteiger partial charge is 0.348 e. The Labute approximate surface area is 179 Å². The molecular weight excluding hydrogens is 380 g/mol. The SMILES string of the molecule is CC(C)C[C@H](N)C(=O)N1CCC(C(=O)N[C@@H](C)C(=O)N[C@H](C)c2ccccc2)CC1. The molecule has 3 atom stereocenters. The van der Waals surface area contributed by atoms with Crippen LogP contribution in [-0.4, -0.2) is 47.8 Å². The number of amides is 3. The molecule has 0 aromatic heterocycles. The number of rotatable bonds is 8. The summed E-state index contributed by atoms with van der Waals surface area (Å²) in [7, 11) is 0. The average molecular weight is 417 g/mol. The molecule has 7 heteroatoms. The number of benzene rings is 1. The molecule has 7 nitrogen and oxygen atoms in total. The Bertz CT molecular complexity index is 714. The van der Waals surface area contributed by atoms with Gasteiger partial charge >= 0.3 is 0 Å². The fourth-order valence-electron chi connectivity index (χ4n) is 3.77. The lowest BCUT2D eigenvalue weighted by Gasteiger charge is -2.33. The highest BCUT2D eigenvalue weighted by Gasteiger charge is 2.31. The zero-order valence-corrected chi connectivity index (χ0v) is 18.6. The van der Waals surface area contributed by atoms with Gasteiger partial charge in [0.1, 0.15) is 6.04 Å². The first-order valence-corrected chi connectivity index (χ1v) is 10.9. The van der Waals surface area contributed by atoms with Gasteiger partial charge in [-0.25, -0.2) is 0 Å². The lowest BCUT2D eigenvalue weighted by atomic mass is 9.94. The van der Waals surface area contributed by atoms with E-state index in [1.54, 1.807) is 11.8 Å². The zero-order chi connectivity index (χ0) is 22.3. The minimum absolute atomic E-state index is 0.0368. The van der Waals surface area contributed by atoms with Crippen molar-refractivity contribution in [2.24, 2.45) is 17.6 Å². The van der Waals surface area contributed by atoms with Crippen molar-refractivity contribution in [3.05, 3.63) is 35.9 Å². The van der Waals surface area contributed by atoms with Crippen LogP contribution in [0.4, 0.5) is 0 Å². The predicted molar refractivity (Wildman–Crippen MR) is 117 cm³/mol.